The van der Waals surface area contributed by atoms with Crippen LogP contribution in [-0.4, -0.2) is 38.3 Å². The van der Waals surface area contributed by atoms with E-state index in [1.165, 1.54) is 30.5 Å². The molecule has 0 unspecified atom stereocenters. The molecule has 1 N–H and O–H groups in total. The van der Waals surface area contributed by atoms with E-state index in [1.807, 2.05) is 12.4 Å². The molecule has 0 saturated carbocycles. The van der Waals surface area contributed by atoms with Crippen molar-refractivity contribution >= 4 is 5.69 Å². The molecule has 0 aromatic carbocycles. The zero-order chi connectivity index (χ0) is 14.2. The lowest BCUT2D eigenvalue weighted by Gasteiger charge is -2.29. The van der Waals surface area contributed by atoms with Crippen LogP contribution in [0.4, 0.5) is 5.69 Å². The SMILES string of the molecule is CCCNCc1ccncc1N(C)CC1CCOCC1. The second kappa shape index (κ2) is 8.22. The van der Waals surface area contributed by atoms with Gasteiger partial charge in [-0.3, -0.25) is 4.98 Å². The number of hydrogen-bond donors (Lipinski definition) is 1. The first kappa shape index (κ1) is 15.3. The molecule has 1 aromatic rings. The van der Waals surface area contributed by atoms with E-state index in [4.69, 9.17) is 4.74 Å². The van der Waals surface area contributed by atoms with E-state index >= 15 is 0 Å². The van der Waals surface area contributed by atoms with Gasteiger partial charge in [0.2, 0.25) is 0 Å². The van der Waals surface area contributed by atoms with Gasteiger partial charge in [0.05, 0.1) is 11.9 Å². The molecule has 1 fully saturated rings. The smallest absolute Gasteiger partial charge is 0.0595 e. The Labute approximate surface area is 122 Å². The summed E-state index contributed by atoms with van der Waals surface area (Å²) in [6.07, 6.45) is 7.39. The summed E-state index contributed by atoms with van der Waals surface area (Å²) >= 11 is 0. The molecule has 1 saturated heterocycles. The van der Waals surface area contributed by atoms with Crippen LogP contribution in [0.3, 0.4) is 0 Å². The van der Waals surface area contributed by atoms with Gasteiger partial charge in [0.15, 0.2) is 0 Å². The van der Waals surface area contributed by atoms with Crippen molar-refractivity contribution in [3.05, 3.63) is 24.0 Å². The van der Waals surface area contributed by atoms with Crippen LogP contribution >= 0.6 is 0 Å². The monoisotopic (exact) mass is 277 g/mol. The van der Waals surface area contributed by atoms with Gasteiger partial charge in [-0.1, -0.05) is 6.92 Å². The summed E-state index contributed by atoms with van der Waals surface area (Å²) in [5.41, 5.74) is 2.59. The van der Waals surface area contributed by atoms with Crippen molar-refractivity contribution in [3.63, 3.8) is 0 Å². The van der Waals surface area contributed by atoms with Crippen LogP contribution in [0.5, 0.6) is 0 Å². The minimum absolute atomic E-state index is 0.741. The van der Waals surface area contributed by atoms with Crippen molar-refractivity contribution in [2.45, 2.75) is 32.7 Å². The maximum absolute atomic E-state index is 5.44. The van der Waals surface area contributed by atoms with Crippen LogP contribution in [0.15, 0.2) is 18.5 Å². The molecule has 4 heteroatoms. The second-order valence-electron chi connectivity index (χ2n) is 5.62. The fourth-order valence-electron chi connectivity index (χ4n) is 2.72. The molecule has 1 aliphatic heterocycles. The van der Waals surface area contributed by atoms with E-state index in [1.54, 1.807) is 0 Å². The lowest BCUT2D eigenvalue weighted by atomic mass is 9.99. The number of pyridine rings is 1. The first-order valence-electron chi connectivity index (χ1n) is 7.73. The number of hydrogen-bond acceptors (Lipinski definition) is 4. The standard InChI is InChI=1S/C16H27N3O/c1-3-7-17-11-15-4-8-18-12-16(15)19(2)13-14-5-9-20-10-6-14/h4,8,12,14,17H,3,5-7,9-11,13H2,1-2H3. The molecular weight excluding hydrogens is 250 g/mol. The maximum Gasteiger partial charge on any atom is 0.0595 e. The zero-order valence-electron chi connectivity index (χ0n) is 12.8. The largest absolute Gasteiger partial charge is 0.381 e. The minimum Gasteiger partial charge on any atom is -0.381 e. The average Bonchev–Trinajstić information content (AvgIpc) is 2.49. The van der Waals surface area contributed by atoms with Gasteiger partial charge in [-0.25, -0.2) is 0 Å². The molecule has 1 aromatic heterocycles. The van der Waals surface area contributed by atoms with E-state index in [0.29, 0.717) is 0 Å². The topological polar surface area (TPSA) is 37.4 Å². The highest BCUT2D eigenvalue weighted by molar-refractivity contribution is 5.51. The third-order valence-electron chi connectivity index (χ3n) is 3.91. The second-order valence-corrected chi connectivity index (χ2v) is 5.62. The highest BCUT2D eigenvalue weighted by atomic mass is 16.5. The average molecular weight is 277 g/mol. The highest BCUT2D eigenvalue weighted by Crippen LogP contribution is 2.22. The molecule has 0 spiro atoms. The number of ether oxygens (including phenoxy) is 1. The Morgan fingerprint density at radius 2 is 2.20 bits per heavy atom. The number of anilines is 1. The van der Waals surface area contributed by atoms with Gasteiger partial charge in [-0.05, 0) is 43.4 Å². The van der Waals surface area contributed by atoms with Crippen LogP contribution in [-0.2, 0) is 11.3 Å². The molecule has 1 aliphatic rings. The summed E-state index contributed by atoms with van der Waals surface area (Å²) in [4.78, 5) is 6.65. The number of nitrogens with zero attached hydrogens (tertiary/aromatic N) is 2. The summed E-state index contributed by atoms with van der Waals surface area (Å²) in [5, 5.41) is 3.48. The van der Waals surface area contributed by atoms with Crippen molar-refractivity contribution in [1.29, 1.82) is 0 Å². The van der Waals surface area contributed by atoms with Crippen LogP contribution in [0, 0.1) is 5.92 Å². The lowest BCUT2D eigenvalue weighted by Crippen LogP contribution is -2.30. The number of nitrogens with one attached hydrogen (secondary N) is 1. The Kier molecular flexibility index (Phi) is 6.27. The van der Waals surface area contributed by atoms with E-state index in [2.05, 4.69) is 35.2 Å². The number of aromatic nitrogens is 1. The van der Waals surface area contributed by atoms with Gasteiger partial charge < -0.3 is 15.0 Å². The van der Waals surface area contributed by atoms with Crippen molar-refractivity contribution in [2.24, 2.45) is 5.92 Å². The van der Waals surface area contributed by atoms with Gasteiger partial charge in [-0.2, -0.15) is 0 Å². The molecule has 0 bridgehead atoms. The third kappa shape index (κ3) is 4.46. The number of rotatable bonds is 7. The van der Waals surface area contributed by atoms with Crippen molar-refractivity contribution in [1.82, 2.24) is 10.3 Å². The van der Waals surface area contributed by atoms with E-state index in [9.17, 15) is 0 Å². The molecule has 4 nitrogen and oxygen atoms in total. The molecule has 20 heavy (non-hydrogen) atoms. The Morgan fingerprint density at radius 1 is 1.40 bits per heavy atom. The fraction of sp³-hybridized carbons (Fsp3) is 0.688. The van der Waals surface area contributed by atoms with E-state index in [-0.39, 0.29) is 0 Å². The Balaban J connectivity index is 1.95. The van der Waals surface area contributed by atoms with Crippen molar-refractivity contribution in [3.8, 4) is 0 Å². The minimum atomic E-state index is 0.741. The molecule has 2 heterocycles. The fourth-order valence-corrected chi connectivity index (χ4v) is 2.72. The molecule has 112 valence electrons. The summed E-state index contributed by atoms with van der Waals surface area (Å²) in [5.74, 6) is 0.741. The van der Waals surface area contributed by atoms with Gasteiger partial charge in [0.25, 0.3) is 0 Å². The van der Waals surface area contributed by atoms with Crippen LogP contribution < -0.4 is 10.2 Å². The van der Waals surface area contributed by atoms with Crippen molar-refractivity contribution < 1.29 is 4.74 Å². The summed E-state index contributed by atoms with van der Waals surface area (Å²) in [6, 6.07) is 2.12. The summed E-state index contributed by atoms with van der Waals surface area (Å²) in [6.45, 7) is 7.09. The Hall–Kier alpha value is -1.13. The Bertz CT molecular complexity index is 391. The van der Waals surface area contributed by atoms with Gasteiger partial charge in [-0.15, -0.1) is 0 Å². The van der Waals surface area contributed by atoms with E-state index < -0.39 is 0 Å². The van der Waals surface area contributed by atoms with Crippen LogP contribution in [0.25, 0.3) is 0 Å². The predicted molar refractivity (Wildman–Crippen MR) is 83.0 cm³/mol. The van der Waals surface area contributed by atoms with Crippen LogP contribution in [0.2, 0.25) is 0 Å². The van der Waals surface area contributed by atoms with Gasteiger partial charge in [0, 0.05) is 39.5 Å². The Morgan fingerprint density at radius 3 is 2.95 bits per heavy atom. The normalized spacial score (nSPS) is 16.3. The molecule has 0 amide bonds. The first-order chi connectivity index (χ1) is 9.81. The zero-order valence-corrected chi connectivity index (χ0v) is 12.8. The molecule has 2 rings (SSSR count). The van der Waals surface area contributed by atoms with E-state index in [0.717, 1.165) is 38.8 Å². The van der Waals surface area contributed by atoms with Gasteiger partial charge >= 0.3 is 0 Å². The summed E-state index contributed by atoms with van der Waals surface area (Å²) in [7, 11) is 2.18. The highest BCUT2D eigenvalue weighted by Gasteiger charge is 2.17. The molecule has 0 atom stereocenters. The van der Waals surface area contributed by atoms with Crippen molar-refractivity contribution in [2.75, 3.05) is 38.3 Å². The lowest BCUT2D eigenvalue weighted by molar-refractivity contribution is 0.0685. The molecule has 0 radical (unpaired) electrons. The van der Waals surface area contributed by atoms with Gasteiger partial charge in [0.1, 0.15) is 0 Å². The maximum atomic E-state index is 5.44. The molecular formula is C16H27N3O. The van der Waals surface area contributed by atoms with Crippen LogP contribution in [0.1, 0.15) is 31.7 Å². The quantitative estimate of drug-likeness (QED) is 0.777. The first-order valence-corrected chi connectivity index (χ1v) is 7.73. The third-order valence-corrected chi connectivity index (χ3v) is 3.91. The summed E-state index contributed by atoms with van der Waals surface area (Å²) < 4.78 is 5.44. The molecule has 0 aliphatic carbocycles. The predicted octanol–water partition coefficient (Wildman–Crippen LogP) is 2.44.